The second kappa shape index (κ2) is 8.60. The minimum absolute atomic E-state index is 0.196. The molecular formula is C23H28F2N4O. The zero-order valence-electron chi connectivity index (χ0n) is 17.0. The van der Waals surface area contributed by atoms with Crippen molar-refractivity contribution in [2.24, 2.45) is 0 Å². The van der Waals surface area contributed by atoms with E-state index in [9.17, 15) is 13.6 Å². The van der Waals surface area contributed by atoms with E-state index in [1.165, 1.54) is 12.1 Å². The number of nitrogens with one attached hydrogen (secondary N) is 2. The average molecular weight is 415 g/mol. The third kappa shape index (κ3) is 4.73. The van der Waals surface area contributed by atoms with Gasteiger partial charge in [-0.1, -0.05) is 12.1 Å². The van der Waals surface area contributed by atoms with Crippen molar-refractivity contribution in [1.29, 1.82) is 0 Å². The monoisotopic (exact) mass is 414 g/mol. The molecule has 7 heteroatoms. The number of carbonyl (C=O) groups is 1. The number of rotatable bonds is 6. The molecule has 1 unspecified atom stereocenters. The van der Waals surface area contributed by atoms with Crippen molar-refractivity contribution < 1.29 is 13.6 Å². The number of benzene rings is 2. The Labute approximate surface area is 175 Å². The topological polar surface area (TPSA) is 70.4 Å². The van der Waals surface area contributed by atoms with Crippen molar-refractivity contribution in [3.8, 4) is 0 Å². The van der Waals surface area contributed by atoms with Crippen LogP contribution in [-0.4, -0.2) is 35.6 Å². The van der Waals surface area contributed by atoms with Gasteiger partial charge in [-0.3, -0.25) is 4.90 Å². The van der Waals surface area contributed by atoms with Crippen LogP contribution in [0.15, 0.2) is 42.5 Å². The Bertz CT molecular complexity index is 916. The van der Waals surface area contributed by atoms with E-state index in [1.54, 1.807) is 24.3 Å². The molecule has 1 saturated carbocycles. The van der Waals surface area contributed by atoms with Crippen molar-refractivity contribution in [3.63, 3.8) is 0 Å². The Kier molecular flexibility index (Phi) is 5.90. The Hall–Kier alpha value is -2.67. The normalized spacial score (nSPS) is 20.5. The number of nitrogens with two attached hydrogens (primary N) is 1. The van der Waals surface area contributed by atoms with Crippen LogP contribution in [0.1, 0.15) is 37.7 Å². The molecule has 1 saturated heterocycles. The van der Waals surface area contributed by atoms with Gasteiger partial charge in [-0.05, 0) is 74.9 Å². The zero-order valence-corrected chi connectivity index (χ0v) is 17.0. The van der Waals surface area contributed by atoms with Gasteiger partial charge in [-0.2, -0.15) is 0 Å². The van der Waals surface area contributed by atoms with E-state index in [-0.39, 0.29) is 17.6 Å². The molecule has 4 rings (SSSR count). The molecule has 1 heterocycles. The standard InChI is InChI=1S/C23H28F2N4O/c24-17-8-7-16(21(25)13-17)12-20-6-2-11-29(20)15-23(9-3-10-23)28-22(30)27-19-5-1-4-18(26)14-19/h1,4-5,7-8,13-14,20H,2-3,6,9-12,15,26H2,(H2,27,28,30). The lowest BCUT2D eigenvalue weighted by molar-refractivity contribution is 0.109. The van der Waals surface area contributed by atoms with Crippen molar-refractivity contribution in [2.45, 2.75) is 50.1 Å². The van der Waals surface area contributed by atoms with E-state index in [2.05, 4.69) is 15.5 Å². The van der Waals surface area contributed by atoms with E-state index in [0.29, 0.717) is 23.4 Å². The van der Waals surface area contributed by atoms with Gasteiger partial charge in [0.25, 0.3) is 0 Å². The summed E-state index contributed by atoms with van der Waals surface area (Å²) in [6.07, 6.45) is 5.49. The summed E-state index contributed by atoms with van der Waals surface area (Å²) in [5.74, 6) is -1.04. The number of urea groups is 1. The molecule has 2 fully saturated rings. The molecule has 1 aliphatic carbocycles. The number of hydrogen-bond donors (Lipinski definition) is 3. The smallest absolute Gasteiger partial charge is 0.319 e. The molecule has 2 amide bonds. The summed E-state index contributed by atoms with van der Waals surface area (Å²) in [6.45, 7) is 1.67. The Morgan fingerprint density at radius 1 is 1.17 bits per heavy atom. The molecule has 2 aliphatic rings. The number of halogens is 2. The van der Waals surface area contributed by atoms with Crippen LogP contribution in [0.2, 0.25) is 0 Å². The number of nitrogens with zero attached hydrogens (tertiary/aromatic N) is 1. The fraction of sp³-hybridized carbons (Fsp3) is 0.435. The molecule has 1 atom stereocenters. The number of nitrogen functional groups attached to an aromatic ring is 1. The fourth-order valence-corrected chi connectivity index (χ4v) is 4.61. The zero-order chi connectivity index (χ0) is 21.1. The molecule has 30 heavy (non-hydrogen) atoms. The van der Waals surface area contributed by atoms with Crippen LogP contribution in [0.5, 0.6) is 0 Å². The van der Waals surface area contributed by atoms with E-state index in [4.69, 9.17) is 5.73 Å². The maximum Gasteiger partial charge on any atom is 0.319 e. The van der Waals surface area contributed by atoms with Gasteiger partial charge in [-0.15, -0.1) is 0 Å². The fourth-order valence-electron chi connectivity index (χ4n) is 4.61. The lowest BCUT2D eigenvalue weighted by Gasteiger charge is -2.46. The van der Waals surface area contributed by atoms with E-state index in [0.717, 1.165) is 51.3 Å². The van der Waals surface area contributed by atoms with Gasteiger partial charge in [0.1, 0.15) is 11.6 Å². The first-order valence-corrected chi connectivity index (χ1v) is 10.6. The lowest BCUT2D eigenvalue weighted by Crippen LogP contribution is -2.61. The molecule has 2 aromatic rings. The molecule has 5 nitrogen and oxygen atoms in total. The average Bonchev–Trinajstić information content (AvgIpc) is 3.08. The lowest BCUT2D eigenvalue weighted by atomic mass is 9.76. The first kappa shape index (κ1) is 20.6. The second-order valence-electron chi connectivity index (χ2n) is 8.54. The highest BCUT2D eigenvalue weighted by atomic mass is 19.1. The van der Waals surface area contributed by atoms with Crippen molar-refractivity contribution >= 4 is 17.4 Å². The SMILES string of the molecule is Nc1cccc(NC(=O)NC2(CN3CCCC3Cc3ccc(F)cc3F)CCC2)c1. The van der Waals surface area contributed by atoms with Crippen molar-refractivity contribution in [2.75, 3.05) is 24.1 Å². The number of amides is 2. The molecule has 2 aromatic carbocycles. The van der Waals surface area contributed by atoms with Gasteiger partial charge in [0.15, 0.2) is 0 Å². The number of hydrogen-bond acceptors (Lipinski definition) is 3. The largest absolute Gasteiger partial charge is 0.399 e. The van der Waals surface area contributed by atoms with Gasteiger partial charge >= 0.3 is 6.03 Å². The third-order valence-corrected chi connectivity index (χ3v) is 6.31. The molecule has 160 valence electrons. The first-order chi connectivity index (χ1) is 14.4. The van der Waals surface area contributed by atoms with Crippen LogP contribution in [-0.2, 0) is 6.42 Å². The summed E-state index contributed by atoms with van der Waals surface area (Å²) in [7, 11) is 0. The highest BCUT2D eigenvalue weighted by Gasteiger charge is 2.42. The molecule has 0 aromatic heterocycles. The number of anilines is 2. The van der Waals surface area contributed by atoms with Crippen LogP contribution in [0, 0.1) is 11.6 Å². The summed E-state index contributed by atoms with van der Waals surface area (Å²) >= 11 is 0. The summed E-state index contributed by atoms with van der Waals surface area (Å²) in [5.41, 5.74) is 7.31. The summed E-state index contributed by atoms with van der Waals surface area (Å²) in [5, 5.41) is 6.03. The van der Waals surface area contributed by atoms with Crippen molar-refractivity contribution in [3.05, 3.63) is 59.7 Å². The summed E-state index contributed by atoms with van der Waals surface area (Å²) in [4.78, 5) is 14.9. The van der Waals surface area contributed by atoms with Gasteiger partial charge < -0.3 is 16.4 Å². The first-order valence-electron chi connectivity index (χ1n) is 10.6. The summed E-state index contributed by atoms with van der Waals surface area (Å²) in [6, 6.07) is 10.9. The van der Waals surface area contributed by atoms with Gasteiger partial charge in [0.05, 0.1) is 5.54 Å². The number of likely N-dealkylation sites (tertiary alicyclic amines) is 1. The highest BCUT2D eigenvalue weighted by molar-refractivity contribution is 5.90. The van der Waals surface area contributed by atoms with Crippen LogP contribution >= 0.6 is 0 Å². The summed E-state index contributed by atoms with van der Waals surface area (Å²) < 4.78 is 27.3. The quantitative estimate of drug-likeness (QED) is 0.618. The number of carbonyl (C=O) groups excluding carboxylic acids is 1. The van der Waals surface area contributed by atoms with Gasteiger partial charge in [0, 0.05) is 30.0 Å². The highest BCUT2D eigenvalue weighted by Crippen LogP contribution is 2.35. The maximum absolute atomic E-state index is 14.1. The van der Waals surface area contributed by atoms with Crippen LogP contribution in [0.25, 0.3) is 0 Å². The van der Waals surface area contributed by atoms with E-state index < -0.39 is 11.6 Å². The third-order valence-electron chi connectivity index (χ3n) is 6.31. The van der Waals surface area contributed by atoms with Crippen LogP contribution < -0.4 is 16.4 Å². The van der Waals surface area contributed by atoms with Gasteiger partial charge in [-0.25, -0.2) is 13.6 Å². The molecule has 0 radical (unpaired) electrons. The molecule has 0 bridgehead atoms. The minimum Gasteiger partial charge on any atom is -0.399 e. The molecule has 1 aliphatic heterocycles. The van der Waals surface area contributed by atoms with E-state index >= 15 is 0 Å². The van der Waals surface area contributed by atoms with E-state index in [1.807, 2.05) is 0 Å². The Morgan fingerprint density at radius 3 is 2.70 bits per heavy atom. The molecular weight excluding hydrogens is 386 g/mol. The van der Waals surface area contributed by atoms with Crippen molar-refractivity contribution in [1.82, 2.24) is 10.2 Å². The molecule has 0 spiro atoms. The maximum atomic E-state index is 14.1. The Balaban J connectivity index is 1.38. The van der Waals surface area contributed by atoms with Crippen LogP contribution in [0.4, 0.5) is 25.0 Å². The second-order valence-corrected chi connectivity index (χ2v) is 8.54. The minimum atomic E-state index is -0.552. The molecule has 4 N–H and O–H groups in total. The predicted octanol–water partition coefficient (Wildman–Crippen LogP) is 4.30. The van der Waals surface area contributed by atoms with Crippen LogP contribution in [0.3, 0.4) is 0 Å². The van der Waals surface area contributed by atoms with Gasteiger partial charge in [0.2, 0.25) is 0 Å². The Morgan fingerprint density at radius 2 is 2.00 bits per heavy atom. The predicted molar refractivity (Wildman–Crippen MR) is 114 cm³/mol.